The number of hydrogen-bond acceptors (Lipinski definition) is 4. The van der Waals surface area contributed by atoms with Crippen LogP contribution in [0.3, 0.4) is 0 Å². The maximum atomic E-state index is 11.9. The summed E-state index contributed by atoms with van der Waals surface area (Å²) in [7, 11) is 0. The number of rotatable bonds is 4. The van der Waals surface area contributed by atoms with Gasteiger partial charge in [-0.05, 0) is 24.0 Å². The number of amides is 2. The second-order valence-electron chi connectivity index (χ2n) is 4.45. The third-order valence-electron chi connectivity index (χ3n) is 2.98. The largest absolute Gasteiger partial charge is 0.508 e. The lowest BCUT2D eigenvalue weighted by Gasteiger charge is -2.29. The van der Waals surface area contributed by atoms with Crippen molar-refractivity contribution in [3.05, 3.63) is 29.8 Å². The van der Waals surface area contributed by atoms with Crippen LogP contribution in [-0.4, -0.2) is 41.0 Å². The van der Waals surface area contributed by atoms with Gasteiger partial charge in [-0.3, -0.25) is 9.59 Å². The monoisotopic (exact) mass is 280 g/mol. The first-order chi connectivity index (χ1) is 9.10. The SMILES string of the molecule is CSC[C@@H]1NC(=O)[C@H](Cc2ccc(O)cc2)NC1=O. The van der Waals surface area contributed by atoms with E-state index in [1.54, 1.807) is 24.3 Å². The molecule has 102 valence electrons. The van der Waals surface area contributed by atoms with E-state index in [-0.39, 0.29) is 17.6 Å². The lowest BCUT2D eigenvalue weighted by atomic mass is 10.0. The Morgan fingerprint density at radius 3 is 2.32 bits per heavy atom. The Morgan fingerprint density at radius 2 is 1.68 bits per heavy atom. The Kier molecular flexibility index (Phi) is 4.31. The molecule has 0 spiro atoms. The minimum absolute atomic E-state index is 0.141. The molecule has 1 aromatic carbocycles. The average molecular weight is 280 g/mol. The molecule has 0 aromatic heterocycles. The third kappa shape index (κ3) is 3.41. The fourth-order valence-electron chi connectivity index (χ4n) is 1.97. The van der Waals surface area contributed by atoms with Crippen LogP contribution in [0.15, 0.2) is 24.3 Å². The van der Waals surface area contributed by atoms with Gasteiger partial charge in [0.2, 0.25) is 11.8 Å². The van der Waals surface area contributed by atoms with E-state index in [0.717, 1.165) is 5.56 Å². The van der Waals surface area contributed by atoms with Crippen LogP contribution in [0.25, 0.3) is 0 Å². The van der Waals surface area contributed by atoms with Crippen molar-refractivity contribution < 1.29 is 14.7 Å². The number of carbonyl (C=O) groups excluding carboxylic acids is 2. The summed E-state index contributed by atoms with van der Waals surface area (Å²) in [4.78, 5) is 23.7. The van der Waals surface area contributed by atoms with E-state index in [4.69, 9.17) is 0 Å². The second kappa shape index (κ2) is 5.97. The predicted molar refractivity (Wildman–Crippen MR) is 74.1 cm³/mol. The van der Waals surface area contributed by atoms with Crippen molar-refractivity contribution in [3.63, 3.8) is 0 Å². The van der Waals surface area contributed by atoms with Gasteiger partial charge in [-0.15, -0.1) is 0 Å². The summed E-state index contributed by atoms with van der Waals surface area (Å²) in [5, 5.41) is 14.7. The van der Waals surface area contributed by atoms with Crippen LogP contribution in [0.5, 0.6) is 5.75 Å². The number of phenolic OH excluding ortho intramolecular Hbond substituents is 1. The van der Waals surface area contributed by atoms with Gasteiger partial charge in [-0.2, -0.15) is 11.8 Å². The summed E-state index contributed by atoms with van der Waals surface area (Å²) < 4.78 is 0. The van der Waals surface area contributed by atoms with Crippen LogP contribution in [0, 0.1) is 0 Å². The number of phenols is 1. The van der Waals surface area contributed by atoms with Crippen LogP contribution in [-0.2, 0) is 16.0 Å². The quantitative estimate of drug-likeness (QED) is 0.740. The summed E-state index contributed by atoms with van der Waals surface area (Å²) >= 11 is 1.52. The molecule has 0 unspecified atom stereocenters. The fraction of sp³-hybridized carbons (Fsp3) is 0.385. The number of nitrogens with one attached hydrogen (secondary N) is 2. The molecule has 0 radical (unpaired) electrons. The van der Waals surface area contributed by atoms with E-state index in [1.807, 2.05) is 6.26 Å². The van der Waals surface area contributed by atoms with E-state index in [2.05, 4.69) is 10.6 Å². The molecule has 5 nitrogen and oxygen atoms in total. The summed E-state index contributed by atoms with van der Waals surface area (Å²) in [5.74, 6) is 0.453. The smallest absolute Gasteiger partial charge is 0.244 e. The zero-order valence-electron chi connectivity index (χ0n) is 10.6. The maximum Gasteiger partial charge on any atom is 0.244 e. The Balaban J connectivity index is 2.00. The highest BCUT2D eigenvalue weighted by atomic mass is 32.2. The molecule has 3 N–H and O–H groups in total. The van der Waals surface area contributed by atoms with Crippen molar-refractivity contribution in [3.8, 4) is 5.75 Å². The molecule has 1 saturated heterocycles. The molecular weight excluding hydrogens is 264 g/mol. The number of piperazine rings is 1. The van der Waals surface area contributed by atoms with Gasteiger partial charge in [-0.1, -0.05) is 12.1 Å². The topological polar surface area (TPSA) is 78.4 Å². The van der Waals surface area contributed by atoms with Crippen molar-refractivity contribution >= 4 is 23.6 Å². The van der Waals surface area contributed by atoms with E-state index in [1.165, 1.54) is 11.8 Å². The Labute approximate surface area is 115 Å². The highest BCUT2D eigenvalue weighted by Gasteiger charge is 2.33. The predicted octanol–water partition coefficient (Wildman–Crippen LogP) is 0.281. The van der Waals surface area contributed by atoms with Crippen LogP contribution in [0.2, 0.25) is 0 Å². The summed E-state index contributed by atoms with van der Waals surface area (Å²) in [6.45, 7) is 0. The van der Waals surface area contributed by atoms with Crippen molar-refractivity contribution in [2.45, 2.75) is 18.5 Å². The molecule has 0 bridgehead atoms. The highest BCUT2D eigenvalue weighted by molar-refractivity contribution is 7.98. The van der Waals surface area contributed by atoms with E-state index in [0.29, 0.717) is 12.2 Å². The minimum atomic E-state index is -0.546. The van der Waals surface area contributed by atoms with Gasteiger partial charge in [0, 0.05) is 12.2 Å². The zero-order chi connectivity index (χ0) is 13.8. The standard InChI is InChI=1S/C13H16N2O3S/c1-19-7-11-13(18)14-10(12(17)15-11)6-8-2-4-9(16)5-3-8/h2-5,10-11,16H,6-7H2,1H3,(H,14,18)(H,15,17)/t10-,11-/m0/s1. The van der Waals surface area contributed by atoms with Crippen LogP contribution in [0.4, 0.5) is 0 Å². The molecule has 1 aliphatic rings. The van der Waals surface area contributed by atoms with Crippen molar-refractivity contribution in [2.75, 3.05) is 12.0 Å². The Hall–Kier alpha value is -1.69. The maximum absolute atomic E-state index is 11.9. The van der Waals surface area contributed by atoms with E-state index < -0.39 is 12.1 Å². The average Bonchev–Trinajstić information content (AvgIpc) is 2.38. The Bertz CT molecular complexity index is 475. The molecule has 1 aliphatic heterocycles. The molecule has 0 aliphatic carbocycles. The minimum Gasteiger partial charge on any atom is -0.508 e. The van der Waals surface area contributed by atoms with E-state index >= 15 is 0 Å². The molecule has 2 amide bonds. The van der Waals surface area contributed by atoms with Crippen molar-refractivity contribution in [1.82, 2.24) is 10.6 Å². The first-order valence-corrected chi connectivity index (χ1v) is 7.37. The lowest BCUT2D eigenvalue weighted by molar-refractivity contribution is -0.136. The van der Waals surface area contributed by atoms with Gasteiger partial charge in [-0.25, -0.2) is 0 Å². The Morgan fingerprint density at radius 1 is 1.11 bits per heavy atom. The summed E-state index contributed by atoms with van der Waals surface area (Å²) in [5.41, 5.74) is 0.890. The van der Waals surface area contributed by atoms with Crippen LogP contribution < -0.4 is 10.6 Å². The molecule has 1 aromatic rings. The molecule has 2 atom stereocenters. The van der Waals surface area contributed by atoms with Gasteiger partial charge in [0.1, 0.15) is 17.8 Å². The molecule has 1 heterocycles. The second-order valence-corrected chi connectivity index (χ2v) is 5.36. The molecule has 0 saturated carbocycles. The van der Waals surface area contributed by atoms with Crippen LogP contribution >= 0.6 is 11.8 Å². The normalized spacial score (nSPS) is 22.8. The number of thioether (sulfide) groups is 1. The first-order valence-electron chi connectivity index (χ1n) is 5.97. The van der Waals surface area contributed by atoms with Gasteiger partial charge in [0.15, 0.2) is 0 Å². The van der Waals surface area contributed by atoms with Crippen molar-refractivity contribution in [1.29, 1.82) is 0 Å². The molecule has 2 rings (SSSR count). The zero-order valence-corrected chi connectivity index (χ0v) is 11.4. The molecule has 19 heavy (non-hydrogen) atoms. The van der Waals surface area contributed by atoms with Gasteiger partial charge in [0.05, 0.1) is 0 Å². The molecular formula is C13H16N2O3S. The van der Waals surface area contributed by atoms with Gasteiger partial charge >= 0.3 is 0 Å². The number of aromatic hydroxyl groups is 1. The first kappa shape index (κ1) is 13.7. The molecule has 1 fully saturated rings. The fourth-order valence-corrected chi connectivity index (χ4v) is 2.54. The van der Waals surface area contributed by atoms with Gasteiger partial charge in [0.25, 0.3) is 0 Å². The summed E-state index contributed by atoms with van der Waals surface area (Å²) in [6, 6.07) is 5.61. The number of hydrogen-bond donors (Lipinski definition) is 3. The number of carbonyl (C=O) groups is 2. The molecule has 6 heteroatoms. The number of benzene rings is 1. The highest BCUT2D eigenvalue weighted by Crippen LogP contribution is 2.13. The van der Waals surface area contributed by atoms with Gasteiger partial charge < -0.3 is 15.7 Å². The third-order valence-corrected chi connectivity index (χ3v) is 3.64. The van der Waals surface area contributed by atoms with Crippen LogP contribution in [0.1, 0.15) is 5.56 Å². The lowest BCUT2D eigenvalue weighted by Crippen LogP contribution is -2.63. The van der Waals surface area contributed by atoms with Crippen molar-refractivity contribution in [2.24, 2.45) is 0 Å². The van der Waals surface area contributed by atoms with E-state index in [9.17, 15) is 14.7 Å². The summed E-state index contributed by atoms with van der Waals surface area (Å²) in [6.07, 6.45) is 2.31.